The normalized spacial score (nSPS) is 16.1. The lowest BCUT2D eigenvalue weighted by Gasteiger charge is -2.34. The summed E-state index contributed by atoms with van der Waals surface area (Å²) < 4.78 is 13.2. The van der Waals surface area contributed by atoms with Crippen molar-refractivity contribution in [1.29, 1.82) is 0 Å². The molecule has 162 valence electrons. The van der Waals surface area contributed by atoms with Crippen LogP contribution in [0.3, 0.4) is 0 Å². The molecule has 1 N–H and O–H groups in total. The minimum Gasteiger partial charge on any atom is -0.339 e. The highest BCUT2D eigenvalue weighted by atomic mass is 32.1. The van der Waals surface area contributed by atoms with Crippen LogP contribution < -0.4 is 5.32 Å². The van der Waals surface area contributed by atoms with E-state index in [1.165, 1.54) is 40.5 Å². The Hall–Kier alpha value is -2.21. The third-order valence-electron chi connectivity index (χ3n) is 6.09. The number of rotatable bonds is 5. The largest absolute Gasteiger partial charge is 0.339 e. The summed E-state index contributed by atoms with van der Waals surface area (Å²) in [6.07, 6.45) is 2.81. The summed E-state index contributed by atoms with van der Waals surface area (Å²) in [6, 6.07) is 5.45. The minimum atomic E-state index is -0.385. The van der Waals surface area contributed by atoms with Gasteiger partial charge in [-0.15, -0.1) is 11.3 Å². The summed E-state index contributed by atoms with van der Waals surface area (Å²) >= 11 is 1.52. The Morgan fingerprint density at radius 3 is 2.37 bits per heavy atom. The molecule has 0 spiro atoms. The quantitative estimate of drug-likeness (QED) is 0.654. The molecule has 1 aromatic heterocycles. The smallest absolute Gasteiger partial charge is 0.257 e. The molecular formula is C24H31FN2O2S. The molecule has 4 nitrogen and oxygen atoms in total. The van der Waals surface area contributed by atoms with Crippen LogP contribution in [0.5, 0.6) is 0 Å². The van der Waals surface area contributed by atoms with Gasteiger partial charge in [0.1, 0.15) is 10.8 Å². The van der Waals surface area contributed by atoms with Gasteiger partial charge in [0.2, 0.25) is 0 Å². The Balaban J connectivity index is 1.99. The molecular weight excluding hydrogens is 399 g/mol. The van der Waals surface area contributed by atoms with Gasteiger partial charge in [0.25, 0.3) is 11.8 Å². The predicted octanol–water partition coefficient (Wildman–Crippen LogP) is 5.77. The Labute approximate surface area is 182 Å². The predicted molar refractivity (Wildman–Crippen MR) is 121 cm³/mol. The molecule has 0 radical (unpaired) electrons. The van der Waals surface area contributed by atoms with E-state index in [9.17, 15) is 14.0 Å². The monoisotopic (exact) mass is 430 g/mol. The van der Waals surface area contributed by atoms with Crippen LogP contribution in [-0.4, -0.2) is 29.8 Å². The number of hydrogen-bond donors (Lipinski definition) is 1. The Kier molecular flexibility index (Phi) is 6.65. The van der Waals surface area contributed by atoms with Gasteiger partial charge < -0.3 is 10.2 Å². The van der Waals surface area contributed by atoms with Crippen molar-refractivity contribution in [3.63, 3.8) is 0 Å². The van der Waals surface area contributed by atoms with Crippen LogP contribution in [0.25, 0.3) is 0 Å². The van der Waals surface area contributed by atoms with Gasteiger partial charge in [-0.2, -0.15) is 0 Å². The molecule has 1 aromatic carbocycles. The Morgan fingerprint density at radius 1 is 1.17 bits per heavy atom. The summed E-state index contributed by atoms with van der Waals surface area (Å²) in [5.74, 6) is -0.194. The molecule has 0 saturated heterocycles. The van der Waals surface area contributed by atoms with E-state index in [0.717, 1.165) is 24.8 Å². The van der Waals surface area contributed by atoms with E-state index < -0.39 is 0 Å². The molecule has 6 heteroatoms. The van der Waals surface area contributed by atoms with E-state index in [4.69, 9.17) is 0 Å². The second kappa shape index (κ2) is 8.88. The molecule has 1 aliphatic rings. The fourth-order valence-electron chi connectivity index (χ4n) is 4.08. The molecule has 0 aliphatic heterocycles. The first-order valence-electron chi connectivity index (χ1n) is 10.7. The molecule has 0 saturated carbocycles. The second-order valence-corrected chi connectivity index (χ2v) is 10.1. The zero-order chi connectivity index (χ0) is 22.1. The number of halogens is 1. The van der Waals surface area contributed by atoms with Crippen molar-refractivity contribution in [3.05, 3.63) is 51.7 Å². The Bertz CT molecular complexity index is 924. The maximum absolute atomic E-state index is 13.3. The number of anilines is 1. The maximum atomic E-state index is 13.3. The van der Waals surface area contributed by atoms with Crippen LogP contribution in [0, 0.1) is 17.2 Å². The van der Waals surface area contributed by atoms with Gasteiger partial charge in [0, 0.05) is 23.5 Å². The number of nitrogens with zero attached hydrogens (tertiary/aromatic N) is 1. The van der Waals surface area contributed by atoms with E-state index in [0.29, 0.717) is 35.1 Å². The molecule has 2 aromatic rings. The average molecular weight is 431 g/mol. The highest BCUT2D eigenvalue weighted by Crippen LogP contribution is 2.44. The third-order valence-corrected chi connectivity index (χ3v) is 7.26. The average Bonchev–Trinajstić information content (AvgIpc) is 3.05. The van der Waals surface area contributed by atoms with Crippen LogP contribution in [0.1, 0.15) is 72.2 Å². The van der Waals surface area contributed by atoms with Crippen molar-refractivity contribution in [1.82, 2.24) is 4.90 Å². The number of thiophene rings is 1. The number of carbonyl (C=O) groups excluding carboxylic acids is 2. The Morgan fingerprint density at radius 2 is 1.80 bits per heavy atom. The van der Waals surface area contributed by atoms with Crippen LogP contribution in [0.4, 0.5) is 9.39 Å². The molecule has 3 rings (SSSR count). The van der Waals surface area contributed by atoms with Crippen LogP contribution in [0.15, 0.2) is 24.3 Å². The van der Waals surface area contributed by atoms with Crippen molar-refractivity contribution in [2.24, 2.45) is 11.3 Å². The maximum Gasteiger partial charge on any atom is 0.257 e. The van der Waals surface area contributed by atoms with Gasteiger partial charge in [-0.3, -0.25) is 9.59 Å². The van der Waals surface area contributed by atoms with Crippen LogP contribution in [0.2, 0.25) is 0 Å². The highest BCUT2D eigenvalue weighted by molar-refractivity contribution is 7.17. The van der Waals surface area contributed by atoms with Gasteiger partial charge in [-0.1, -0.05) is 20.8 Å². The number of carbonyl (C=O) groups is 2. The summed E-state index contributed by atoms with van der Waals surface area (Å²) in [4.78, 5) is 29.1. The van der Waals surface area contributed by atoms with E-state index in [1.807, 2.05) is 13.8 Å². The zero-order valence-electron chi connectivity index (χ0n) is 18.5. The van der Waals surface area contributed by atoms with Gasteiger partial charge in [0.05, 0.1) is 5.56 Å². The molecule has 1 heterocycles. The van der Waals surface area contributed by atoms with Crippen LogP contribution in [-0.2, 0) is 12.8 Å². The first-order chi connectivity index (χ1) is 14.2. The van der Waals surface area contributed by atoms with Crippen molar-refractivity contribution >= 4 is 28.2 Å². The lowest BCUT2D eigenvalue weighted by atomic mass is 9.72. The molecule has 1 unspecified atom stereocenters. The number of nitrogens with one attached hydrogen (secondary N) is 1. The number of fused-ring (bicyclic) bond motifs is 1. The van der Waals surface area contributed by atoms with Gasteiger partial charge in [-0.05, 0) is 74.3 Å². The van der Waals surface area contributed by atoms with Crippen molar-refractivity contribution < 1.29 is 14.0 Å². The summed E-state index contributed by atoms with van der Waals surface area (Å²) in [5, 5.41) is 3.56. The van der Waals surface area contributed by atoms with Crippen molar-refractivity contribution in [2.45, 2.75) is 53.9 Å². The summed E-state index contributed by atoms with van der Waals surface area (Å²) in [7, 11) is 0. The summed E-state index contributed by atoms with van der Waals surface area (Å²) in [6.45, 7) is 11.9. The number of benzene rings is 1. The summed E-state index contributed by atoms with van der Waals surface area (Å²) in [5.41, 5.74) is 2.30. The van der Waals surface area contributed by atoms with Crippen molar-refractivity contribution in [3.8, 4) is 0 Å². The van der Waals surface area contributed by atoms with Crippen LogP contribution >= 0.6 is 11.3 Å². The lowest BCUT2D eigenvalue weighted by molar-refractivity contribution is 0.0772. The van der Waals surface area contributed by atoms with E-state index in [1.54, 1.807) is 4.90 Å². The van der Waals surface area contributed by atoms with Gasteiger partial charge >= 0.3 is 0 Å². The topological polar surface area (TPSA) is 49.4 Å². The molecule has 0 bridgehead atoms. The van der Waals surface area contributed by atoms with Gasteiger partial charge in [0.15, 0.2) is 0 Å². The molecule has 2 amide bonds. The van der Waals surface area contributed by atoms with E-state index >= 15 is 0 Å². The van der Waals surface area contributed by atoms with E-state index in [2.05, 4.69) is 26.1 Å². The molecule has 1 aliphatic carbocycles. The highest BCUT2D eigenvalue weighted by Gasteiger charge is 2.35. The SMILES string of the molecule is CCN(CC)C(=O)c1c(NC(=O)c2ccc(F)cc2)sc2c1CCC(C(C)(C)C)C2. The molecule has 0 fully saturated rings. The minimum absolute atomic E-state index is 0.0267. The first kappa shape index (κ1) is 22.5. The standard InChI is InChI=1S/C24H31FN2O2S/c1-6-27(7-2)23(29)20-18-13-10-16(24(3,4)5)14-19(18)30-22(20)26-21(28)15-8-11-17(25)12-9-15/h8-9,11-12,16H,6-7,10,13-14H2,1-5H3,(H,26,28). The van der Waals surface area contributed by atoms with E-state index in [-0.39, 0.29) is 23.0 Å². The number of hydrogen-bond acceptors (Lipinski definition) is 3. The fraction of sp³-hybridized carbons (Fsp3) is 0.500. The number of amides is 2. The first-order valence-corrected chi connectivity index (χ1v) is 11.5. The zero-order valence-corrected chi connectivity index (χ0v) is 19.3. The second-order valence-electron chi connectivity index (χ2n) is 8.95. The third kappa shape index (κ3) is 4.59. The fourth-order valence-corrected chi connectivity index (χ4v) is 5.40. The van der Waals surface area contributed by atoms with Crippen molar-refractivity contribution in [2.75, 3.05) is 18.4 Å². The molecule has 30 heavy (non-hydrogen) atoms. The van der Waals surface area contributed by atoms with Gasteiger partial charge in [-0.25, -0.2) is 4.39 Å². The molecule has 1 atom stereocenters. The lowest BCUT2D eigenvalue weighted by Crippen LogP contribution is -2.32.